The smallest absolute Gasteiger partial charge is 0.0661 e. The van der Waals surface area contributed by atoms with Crippen LogP contribution in [0.1, 0.15) is 52.9 Å². The minimum absolute atomic E-state index is 0.166. The molecule has 3 heteroatoms. The molecule has 1 aromatic rings. The van der Waals surface area contributed by atoms with E-state index in [-0.39, 0.29) is 12.1 Å². The van der Waals surface area contributed by atoms with E-state index >= 15 is 0 Å². The monoisotopic (exact) mass is 353 g/mol. The number of aliphatic hydroxyl groups is 1. The van der Waals surface area contributed by atoms with Crippen molar-refractivity contribution >= 4 is 21.6 Å². The fourth-order valence-electron chi connectivity index (χ4n) is 3.47. The Hall–Kier alpha value is -0.540. The summed E-state index contributed by atoms with van der Waals surface area (Å²) in [5.74, 6) is 0.746. The Labute approximate surface area is 137 Å². The van der Waals surface area contributed by atoms with Crippen molar-refractivity contribution in [3.63, 3.8) is 0 Å². The first kappa shape index (κ1) is 16.8. The summed E-state index contributed by atoms with van der Waals surface area (Å²) in [6, 6.07) is 8.23. The maximum Gasteiger partial charge on any atom is 0.0661 e. The molecule has 0 saturated heterocycles. The summed E-state index contributed by atoms with van der Waals surface area (Å²) in [6.45, 7) is 7.22. The molecule has 118 valence electrons. The Bertz CT molecular complexity index is 469. The van der Waals surface area contributed by atoms with Crippen LogP contribution in [-0.2, 0) is 0 Å². The minimum atomic E-state index is -0.166. The standard InChI is InChI=1S/C18H28BrNO/c1-17(2,3)14-6-5-10-18(13-21,11-9-14)20-16-8-4-7-15(19)12-16/h4,7-8,12,14,20-21H,5-6,9-11,13H2,1-3H3. The van der Waals surface area contributed by atoms with E-state index in [1.807, 2.05) is 12.1 Å². The lowest BCUT2D eigenvalue weighted by molar-refractivity contribution is 0.182. The molecule has 0 aliphatic heterocycles. The molecule has 0 amide bonds. The Morgan fingerprint density at radius 1 is 1.29 bits per heavy atom. The summed E-state index contributed by atoms with van der Waals surface area (Å²) in [4.78, 5) is 0. The molecule has 0 spiro atoms. The van der Waals surface area contributed by atoms with E-state index in [1.165, 1.54) is 19.3 Å². The van der Waals surface area contributed by atoms with Crippen LogP contribution in [0.15, 0.2) is 28.7 Å². The highest BCUT2D eigenvalue weighted by Gasteiger charge is 2.35. The fourth-order valence-corrected chi connectivity index (χ4v) is 3.87. The van der Waals surface area contributed by atoms with Gasteiger partial charge in [-0.25, -0.2) is 0 Å². The molecule has 2 nitrogen and oxygen atoms in total. The fraction of sp³-hybridized carbons (Fsp3) is 0.667. The van der Waals surface area contributed by atoms with Crippen molar-refractivity contribution in [2.24, 2.45) is 11.3 Å². The molecule has 1 aliphatic carbocycles. The zero-order chi connectivity index (χ0) is 15.5. The molecule has 2 unspecified atom stereocenters. The quantitative estimate of drug-likeness (QED) is 0.730. The van der Waals surface area contributed by atoms with Gasteiger partial charge in [-0.3, -0.25) is 0 Å². The topological polar surface area (TPSA) is 32.3 Å². The molecule has 1 aliphatic rings. The molecule has 1 aromatic carbocycles. The van der Waals surface area contributed by atoms with Gasteiger partial charge in [0.15, 0.2) is 0 Å². The first-order valence-corrected chi connectivity index (χ1v) is 8.79. The van der Waals surface area contributed by atoms with E-state index in [4.69, 9.17) is 0 Å². The molecule has 2 atom stereocenters. The molecule has 0 heterocycles. The number of hydrogen-bond acceptors (Lipinski definition) is 2. The molecular formula is C18H28BrNO. The van der Waals surface area contributed by atoms with E-state index in [0.29, 0.717) is 5.41 Å². The highest BCUT2D eigenvalue weighted by atomic mass is 79.9. The van der Waals surface area contributed by atoms with Crippen LogP contribution in [0.4, 0.5) is 5.69 Å². The zero-order valence-electron chi connectivity index (χ0n) is 13.5. The first-order valence-electron chi connectivity index (χ1n) is 7.99. The molecule has 1 fully saturated rings. The van der Waals surface area contributed by atoms with E-state index in [2.05, 4.69) is 54.2 Å². The van der Waals surface area contributed by atoms with Crippen LogP contribution in [0.25, 0.3) is 0 Å². The normalized spacial score (nSPS) is 27.2. The van der Waals surface area contributed by atoms with Gasteiger partial charge >= 0.3 is 0 Å². The van der Waals surface area contributed by atoms with Gasteiger partial charge in [-0.2, -0.15) is 0 Å². The number of nitrogens with one attached hydrogen (secondary N) is 1. The average Bonchev–Trinajstić information content (AvgIpc) is 2.62. The van der Waals surface area contributed by atoms with Crippen molar-refractivity contribution in [1.82, 2.24) is 0 Å². The van der Waals surface area contributed by atoms with E-state index in [1.54, 1.807) is 0 Å². The molecule has 0 aromatic heterocycles. The first-order chi connectivity index (χ1) is 9.85. The summed E-state index contributed by atoms with van der Waals surface area (Å²) < 4.78 is 1.07. The SMILES string of the molecule is CC(C)(C)C1CCCC(CO)(Nc2cccc(Br)c2)CC1. The van der Waals surface area contributed by atoms with Gasteiger partial charge in [0.05, 0.1) is 12.1 Å². The largest absolute Gasteiger partial charge is 0.394 e. The van der Waals surface area contributed by atoms with Gasteiger partial charge < -0.3 is 10.4 Å². The van der Waals surface area contributed by atoms with Crippen molar-refractivity contribution in [2.45, 2.75) is 58.4 Å². The number of rotatable bonds is 3. The second-order valence-corrected chi connectivity index (χ2v) is 8.48. The summed E-state index contributed by atoms with van der Waals surface area (Å²) in [7, 11) is 0. The summed E-state index contributed by atoms with van der Waals surface area (Å²) in [5, 5.41) is 13.6. The Balaban J connectivity index is 2.11. The average molecular weight is 354 g/mol. The maximum absolute atomic E-state index is 10.0. The van der Waals surface area contributed by atoms with E-state index in [9.17, 15) is 5.11 Å². The predicted octanol–water partition coefficient (Wildman–Crippen LogP) is 5.22. The Kier molecular flexibility index (Phi) is 5.37. The number of halogens is 1. The van der Waals surface area contributed by atoms with Gasteiger partial charge in [0.2, 0.25) is 0 Å². The molecule has 2 N–H and O–H groups in total. The van der Waals surface area contributed by atoms with Crippen molar-refractivity contribution in [1.29, 1.82) is 0 Å². The Morgan fingerprint density at radius 2 is 2.05 bits per heavy atom. The minimum Gasteiger partial charge on any atom is -0.394 e. The van der Waals surface area contributed by atoms with Crippen LogP contribution >= 0.6 is 15.9 Å². The van der Waals surface area contributed by atoms with Crippen molar-refractivity contribution in [3.05, 3.63) is 28.7 Å². The van der Waals surface area contributed by atoms with Gasteiger partial charge in [0.1, 0.15) is 0 Å². The second kappa shape index (κ2) is 6.70. The lowest BCUT2D eigenvalue weighted by atomic mass is 9.76. The second-order valence-electron chi connectivity index (χ2n) is 7.57. The predicted molar refractivity (Wildman–Crippen MR) is 93.6 cm³/mol. The van der Waals surface area contributed by atoms with Gasteiger partial charge in [-0.15, -0.1) is 0 Å². The third-order valence-corrected chi connectivity index (χ3v) is 5.43. The Morgan fingerprint density at radius 3 is 2.67 bits per heavy atom. The van der Waals surface area contributed by atoms with Crippen LogP contribution in [0.2, 0.25) is 0 Å². The number of anilines is 1. The molecule has 21 heavy (non-hydrogen) atoms. The molecule has 0 radical (unpaired) electrons. The van der Waals surface area contributed by atoms with E-state index < -0.39 is 0 Å². The number of hydrogen-bond donors (Lipinski definition) is 2. The molecule has 1 saturated carbocycles. The highest BCUT2D eigenvalue weighted by Crippen LogP contribution is 2.40. The molecular weight excluding hydrogens is 326 g/mol. The third kappa shape index (κ3) is 4.46. The number of aliphatic hydroxyl groups excluding tert-OH is 1. The van der Waals surface area contributed by atoms with Gasteiger partial charge in [-0.1, -0.05) is 49.2 Å². The van der Waals surface area contributed by atoms with Gasteiger partial charge in [-0.05, 0) is 55.2 Å². The maximum atomic E-state index is 10.0. The van der Waals surface area contributed by atoms with Crippen molar-refractivity contribution in [3.8, 4) is 0 Å². The molecule has 0 bridgehead atoms. The third-order valence-electron chi connectivity index (χ3n) is 4.94. The van der Waals surface area contributed by atoms with E-state index in [0.717, 1.165) is 28.9 Å². The lowest BCUT2D eigenvalue weighted by Crippen LogP contribution is -2.41. The summed E-state index contributed by atoms with van der Waals surface area (Å²) in [6.07, 6.45) is 5.72. The van der Waals surface area contributed by atoms with Crippen molar-refractivity contribution < 1.29 is 5.11 Å². The van der Waals surface area contributed by atoms with Crippen LogP contribution < -0.4 is 5.32 Å². The van der Waals surface area contributed by atoms with Crippen LogP contribution in [0, 0.1) is 11.3 Å². The van der Waals surface area contributed by atoms with Crippen LogP contribution in [0.5, 0.6) is 0 Å². The van der Waals surface area contributed by atoms with Gasteiger partial charge in [0, 0.05) is 10.2 Å². The molecule has 2 rings (SSSR count). The van der Waals surface area contributed by atoms with Gasteiger partial charge in [0.25, 0.3) is 0 Å². The van der Waals surface area contributed by atoms with Crippen molar-refractivity contribution in [2.75, 3.05) is 11.9 Å². The van der Waals surface area contributed by atoms with Crippen LogP contribution in [0.3, 0.4) is 0 Å². The van der Waals surface area contributed by atoms with Crippen LogP contribution in [-0.4, -0.2) is 17.3 Å². The summed E-state index contributed by atoms with van der Waals surface area (Å²) >= 11 is 3.52. The highest BCUT2D eigenvalue weighted by molar-refractivity contribution is 9.10. The summed E-state index contributed by atoms with van der Waals surface area (Å²) in [5.41, 5.74) is 1.29. The lowest BCUT2D eigenvalue weighted by Gasteiger charge is -2.34. The zero-order valence-corrected chi connectivity index (χ0v) is 15.0. The number of benzene rings is 1.